The highest BCUT2D eigenvalue weighted by molar-refractivity contribution is 7.09. The maximum atomic E-state index is 4.94. The third-order valence-corrected chi connectivity index (χ3v) is 6.35. The number of aromatic amines is 1. The second-order valence-corrected chi connectivity index (χ2v) is 8.46. The number of imidazole rings is 1. The molecule has 0 aliphatic carbocycles. The van der Waals surface area contributed by atoms with Crippen LogP contribution in [0.3, 0.4) is 0 Å². The van der Waals surface area contributed by atoms with Gasteiger partial charge >= 0.3 is 0 Å². The number of aromatic nitrogens is 2. The third-order valence-electron chi connectivity index (χ3n) is 5.49. The number of benzene rings is 2. The van der Waals surface area contributed by atoms with Gasteiger partial charge < -0.3 is 4.98 Å². The number of thiophene rings is 1. The molecule has 1 fully saturated rings. The molecule has 4 aromatic rings. The van der Waals surface area contributed by atoms with Crippen molar-refractivity contribution in [2.24, 2.45) is 0 Å². The highest BCUT2D eigenvalue weighted by Gasteiger charge is 2.30. The van der Waals surface area contributed by atoms with Gasteiger partial charge in [-0.3, -0.25) is 9.80 Å². The van der Waals surface area contributed by atoms with E-state index >= 15 is 0 Å². The first-order valence-corrected chi connectivity index (χ1v) is 10.7. The number of hydrogen-bond acceptors (Lipinski definition) is 4. The van der Waals surface area contributed by atoms with Crippen molar-refractivity contribution < 1.29 is 0 Å². The molecule has 4 nitrogen and oxygen atoms in total. The van der Waals surface area contributed by atoms with Gasteiger partial charge in [0, 0.05) is 37.6 Å². The molecule has 5 heteroatoms. The monoisotopic (exact) mass is 388 g/mol. The van der Waals surface area contributed by atoms with E-state index in [4.69, 9.17) is 4.98 Å². The van der Waals surface area contributed by atoms with Crippen LogP contribution in [0.25, 0.3) is 11.0 Å². The van der Waals surface area contributed by atoms with Crippen molar-refractivity contribution >= 4 is 22.4 Å². The van der Waals surface area contributed by atoms with Crippen LogP contribution in [0.2, 0.25) is 0 Å². The number of piperazine rings is 1. The molecule has 1 atom stereocenters. The standard InChI is InChI=1S/C23H24N4S/c1-2-7-18(8-3-1)15-26-12-13-27(16-19-9-6-14-28-19)22(17-26)23-24-20-10-4-5-11-21(20)25-23/h1-11,14,22H,12-13,15-17H2,(H,24,25). The van der Waals surface area contributed by atoms with Gasteiger partial charge in [0.25, 0.3) is 0 Å². The van der Waals surface area contributed by atoms with Gasteiger partial charge in [-0.2, -0.15) is 0 Å². The summed E-state index contributed by atoms with van der Waals surface area (Å²) in [5, 5.41) is 2.16. The highest BCUT2D eigenvalue weighted by Crippen LogP contribution is 2.28. The van der Waals surface area contributed by atoms with E-state index in [1.54, 1.807) is 0 Å². The molecular formula is C23H24N4S. The molecule has 2 aromatic carbocycles. The van der Waals surface area contributed by atoms with E-state index in [2.05, 4.69) is 86.9 Å². The Hall–Kier alpha value is -2.47. The summed E-state index contributed by atoms with van der Waals surface area (Å²) in [5.74, 6) is 1.08. The van der Waals surface area contributed by atoms with Crippen molar-refractivity contribution in [3.8, 4) is 0 Å². The second kappa shape index (κ2) is 7.87. The highest BCUT2D eigenvalue weighted by atomic mass is 32.1. The molecule has 1 unspecified atom stereocenters. The quantitative estimate of drug-likeness (QED) is 0.539. The van der Waals surface area contributed by atoms with E-state index in [0.717, 1.165) is 49.6 Å². The lowest BCUT2D eigenvalue weighted by Gasteiger charge is -2.40. The summed E-state index contributed by atoms with van der Waals surface area (Å²) in [4.78, 5) is 15.1. The molecule has 1 saturated heterocycles. The van der Waals surface area contributed by atoms with Crippen LogP contribution < -0.4 is 0 Å². The van der Waals surface area contributed by atoms with Gasteiger partial charge in [-0.15, -0.1) is 11.3 Å². The largest absolute Gasteiger partial charge is 0.341 e. The van der Waals surface area contributed by atoms with Gasteiger partial charge in [0.15, 0.2) is 0 Å². The molecule has 0 bridgehead atoms. The van der Waals surface area contributed by atoms with Crippen LogP contribution in [0.15, 0.2) is 72.1 Å². The Labute approximate surface area is 169 Å². The average Bonchev–Trinajstić information content (AvgIpc) is 3.39. The van der Waals surface area contributed by atoms with E-state index in [1.807, 2.05) is 11.3 Å². The molecule has 28 heavy (non-hydrogen) atoms. The first-order valence-electron chi connectivity index (χ1n) is 9.82. The van der Waals surface area contributed by atoms with Gasteiger partial charge in [-0.1, -0.05) is 48.5 Å². The van der Waals surface area contributed by atoms with E-state index < -0.39 is 0 Å². The maximum absolute atomic E-state index is 4.94. The number of hydrogen-bond donors (Lipinski definition) is 1. The normalized spacial score (nSPS) is 18.6. The van der Waals surface area contributed by atoms with E-state index in [-0.39, 0.29) is 6.04 Å². The molecule has 0 amide bonds. The zero-order chi connectivity index (χ0) is 18.8. The summed E-state index contributed by atoms with van der Waals surface area (Å²) in [5.41, 5.74) is 3.54. The minimum absolute atomic E-state index is 0.270. The van der Waals surface area contributed by atoms with Crippen molar-refractivity contribution in [1.29, 1.82) is 0 Å². The number of nitrogens with zero attached hydrogens (tertiary/aromatic N) is 3. The molecule has 0 saturated carbocycles. The number of H-pyrrole nitrogens is 1. The van der Waals surface area contributed by atoms with Crippen LogP contribution in [0.5, 0.6) is 0 Å². The SMILES string of the molecule is c1ccc(CN2CCN(Cc3cccs3)C(c3nc4ccccc4[nH]3)C2)cc1. The topological polar surface area (TPSA) is 35.2 Å². The lowest BCUT2D eigenvalue weighted by molar-refractivity contribution is 0.0605. The van der Waals surface area contributed by atoms with E-state index in [1.165, 1.54) is 10.4 Å². The van der Waals surface area contributed by atoms with Gasteiger partial charge in [0.2, 0.25) is 0 Å². The molecule has 0 radical (unpaired) electrons. The van der Waals surface area contributed by atoms with Gasteiger partial charge in [0.1, 0.15) is 5.82 Å². The molecular weight excluding hydrogens is 364 g/mol. The van der Waals surface area contributed by atoms with Crippen molar-refractivity contribution in [3.63, 3.8) is 0 Å². The fourth-order valence-corrected chi connectivity index (χ4v) is 4.77. The fourth-order valence-electron chi connectivity index (χ4n) is 4.04. The Morgan fingerprint density at radius 1 is 0.929 bits per heavy atom. The molecule has 3 heterocycles. The Bertz CT molecular complexity index is 992. The van der Waals surface area contributed by atoms with E-state index in [0.29, 0.717) is 0 Å². The Balaban J connectivity index is 1.41. The molecule has 1 aliphatic heterocycles. The molecule has 1 aliphatic rings. The lowest BCUT2D eigenvalue weighted by Crippen LogP contribution is -2.47. The van der Waals surface area contributed by atoms with Crippen LogP contribution in [-0.4, -0.2) is 39.4 Å². The first kappa shape index (κ1) is 17.6. The summed E-state index contributed by atoms with van der Waals surface area (Å²) < 4.78 is 0. The molecule has 142 valence electrons. The summed E-state index contributed by atoms with van der Waals surface area (Å²) in [7, 11) is 0. The first-order chi connectivity index (χ1) is 13.8. The zero-order valence-corrected chi connectivity index (χ0v) is 16.6. The number of rotatable bonds is 5. The van der Waals surface area contributed by atoms with Crippen LogP contribution in [0, 0.1) is 0 Å². The average molecular weight is 389 g/mol. The van der Waals surface area contributed by atoms with Crippen LogP contribution in [0.1, 0.15) is 22.3 Å². The molecule has 1 N–H and O–H groups in total. The molecule has 2 aromatic heterocycles. The number of nitrogens with one attached hydrogen (secondary N) is 1. The van der Waals surface area contributed by atoms with Crippen LogP contribution >= 0.6 is 11.3 Å². The summed E-state index contributed by atoms with van der Waals surface area (Å²) in [6.45, 7) is 5.09. The Morgan fingerprint density at radius 3 is 2.61 bits per heavy atom. The predicted molar refractivity (Wildman–Crippen MR) is 115 cm³/mol. The lowest BCUT2D eigenvalue weighted by atomic mass is 10.1. The smallest absolute Gasteiger partial charge is 0.126 e. The minimum atomic E-state index is 0.270. The van der Waals surface area contributed by atoms with Crippen LogP contribution in [-0.2, 0) is 13.1 Å². The van der Waals surface area contributed by atoms with Crippen molar-refractivity contribution in [3.05, 3.63) is 88.4 Å². The van der Waals surface area contributed by atoms with Crippen molar-refractivity contribution in [1.82, 2.24) is 19.8 Å². The van der Waals surface area contributed by atoms with Gasteiger partial charge in [-0.05, 0) is 29.1 Å². The second-order valence-electron chi connectivity index (χ2n) is 7.43. The van der Waals surface area contributed by atoms with Gasteiger partial charge in [-0.25, -0.2) is 4.98 Å². The van der Waals surface area contributed by atoms with Crippen LogP contribution in [0.4, 0.5) is 0 Å². The summed E-state index contributed by atoms with van der Waals surface area (Å²) >= 11 is 1.84. The van der Waals surface area contributed by atoms with E-state index in [9.17, 15) is 0 Å². The minimum Gasteiger partial charge on any atom is -0.341 e. The van der Waals surface area contributed by atoms with Crippen molar-refractivity contribution in [2.45, 2.75) is 19.1 Å². The summed E-state index contributed by atoms with van der Waals surface area (Å²) in [6, 6.07) is 23.7. The predicted octanol–water partition coefficient (Wildman–Crippen LogP) is 4.68. The van der Waals surface area contributed by atoms with Gasteiger partial charge in [0.05, 0.1) is 17.1 Å². The maximum Gasteiger partial charge on any atom is 0.126 e. The summed E-state index contributed by atoms with van der Waals surface area (Å²) in [6.07, 6.45) is 0. The number of para-hydroxylation sites is 2. The molecule has 5 rings (SSSR count). The Morgan fingerprint density at radius 2 is 1.79 bits per heavy atom. The zero-order valence-electron chi connectivity index (χ0n) is 15.8. The van der Waals surface area contributed by atoms with Crippen molar-refractivity contribution in [2.75, 3.05) is 19.6 Å². The molecule has 0 spiro atoms. The number of fused-ring (bicyclic) bond motifs is 1. The Kier molecular flexibility index (Phi) is 4.95. The third kappa shape index (κ3) is 3.74. The fraction of sp³-hybridized carbons (Fsp3) is 0.261.